The molecule has 0 aliphatic heterocycles. The number of ether oxygens (including phenoxy) is 1. The van der Waals surface area contributed by atoms with Crippen LogP contribution >= 0.6 is 22.9 Å². The van der Waals surface area contributed by atoms with Gasteiger partial charge in [0, 0.05) is 18.5 Å². The molecular formula is C8H12ClNO2S. The zero-order valence-electron chi connectivity index (χ0n) is 7.33. The van der Waals surface area contributed by atoms with Crippen LogP contribution < -0.4 is 5.73 Å². The van der Waals surface area contributed by atoms with E-state index in [1.807, 2.05) is 17.5 Å². The fraction of sp³-hybridized carbons (Fsp3) is 0.375. The first-order valence-corrected chi connectivity index (χ1v) is 4.86. The Bertz CT molecular complexity index is 226. The minimum absolute atomic E-state index is 0.00154. The molecule has 0 saturated heterocycles. The normalized spacial score (nSPS) is 8.85. The van der Waals surface area contributed by atoms with Crippen LogP contribution in [0, 0.1) is 0 Å². The van der Waals surface area contributed by atoms with Crippen molar-refractivity contribution in [2.75, 3.05) is 13.7 Å². The molecular weight excluding hydrogens is 210 g/mol. The summed E-state index contributed by atoms with van der Waals surface area (Å²) in [6.45, 7) is 0.680. The van der Waals surface area contributed by atoms with Gasteiger partial charge in [-0.05, 0) is 23.0 Å². The maximum absolute atomic E-state index is 9.68. The first kappa shape index (κ1) is 12.6. The summed E-state index contributed by atoms with van der Waals surface area (Å²) in [6.07, 6.45) is 0. The van der Waals surface area contributed by atoms with Gasteiger partial charge >= 0.3 is 0 Å². The highest BCUT2D eigenvalue weighted by Crippen LogP contribution is 2.05. The fourth-order valence-electron chi connectivity index (χ4n) is 0.542. The number of carbonyl (C=O) groups is 1. The molecule has 0 saturated carbocycles. The second kappa shape index (κ2) is 8.19. The summed E-state index contributed by atoms with van der Waals surface area (Å²) in [5.41, 5.74) is 5.30. The number of carbonyl (C=O) groups excluding carboxylic acids is 1. The van der Waals surface area contributed by atoms with Gasteiger partial charge in [-0.1, -0.05) is 6.07 Å². The van der Waals surface area contributed by atoms with Gasteiger partial charge in [0.1, 0.15) is 6.61 Å². The molecule has 0 aliphatic carbocycles. The average Bonchev–Trinajstić information content (AvgIpc) is 2.56. The molecule has 0 amide bonds. The minimum atomic E-state index is -0.461. The van der Waals surface area contributed by atoms with Crippen LogP contribution in [0.15, 0.2) is 17.5 Å². The highest BCUT2D eigenvalue weighted by molar-refractivity contribution is 7.09. The molecule has 1 rings (SSSR count). The molecule has 1 aromatic heterocycles. The Morgan fingerprint density at radius 1 is 1.77 bits per heavy atom. The van der Waals surface area contributed by atoms with Crippen LogP contribution in [0.1, 0.15) is 4.88 Å². The van der Waals surface area contributed by atoms with Crippen molar-refractivity contribution in [2.45, 2.75) is 6.54 Å². The molecule has 0 atom stereocenters. The molecule has 3 nitrogen and oxygen atoms in total. The van der Waals surface area contributed by atoms with Crippen molar-refractivity contribution in [3.8, 4) is 0 Å². The van der Waals surface area contributed by atoms with Crippen molar-refractivity contribution in [1.29, 1.82) is 0 Å². The molecule has 2 N–H and O–H groups in total. The summed E-state index contributed by atoms with van der Waals surface area (Å²) in [7, 11) is 1.42. The van der Waals surface area contributed by atoms with Crippen LogP contribution in [0.25, 0.3) is 0 Å². The maximum Gasteiger partial charge on any atom is 0.247 e. The highest BCUT2D eigenvalue weighted by Gasteiger charge is 1.87. The Balaban J connectivity index is 0.000000226. The summed E-state index contributed by atoms with van der Waals surface area (Å²) in [6, 6.07) is 4.04. The summed E-state index contributed by atoms with van der Waals surface area (Å²) < 4.78 is 4.32. The molecule has 0 spiro atoms. The van der Waals surface area contributed by atoms with Crippen LogP contribution in [0.2, 0.25) is 0 Å². The number of methoxy groups -OCH3 is 1. The third kappa shape index (κ3) is 7.93. The van der Waals surface area contributed by atoms with Gasteiger partial charge in [-0.25, -0.2) is 0 Å². The predicted molar refractivity (Wildman–Crippen MR) is 54.9 cm³/mol. The van der Waals surface area contributed by atoms with E-state index in [1.54, 1.807) is 11.3 Å². The molecule has 13 heavy (non-hydrogen) atoms. The second-order valence-electron chi connectivity index (χ2n) is 2.07. The van der Waals surface area contributed by atoms with Crippen molar-refractivity contribution in [2.24, 2.45) is 5.73 Å². The van der Waals surface area contributed by atoms with Crippen molar-refractivity contribution in [1.82, 2.24) is 0 Å². The average molecular weight is 222 g/mol. The smallest absolute Gasteiger partial charge is 0.247 e. The predicted octanol–water partition coefficient (Wildman–Crippen LogP) is 1.61. The van der Waals surface area contributed by atoms with Gasteiger partial charge in [-0.3, -0.25) is 4.79 Å². The van der Waals surface area contributed by atoms with E-state index in [0.717, 1.165) is 0 Å². The topological polar surface area (TPSA) is 52.3 Å². The van der Waals surface area contributed by atoms with Gasteiger partial charge in [0.2, 0.25) is 5.24 Å². The van der Waals surface area contributed by atoms with Crippen LogP contribution in [0.4, 0.5) is 0 Å². The molecule has 74 valence electrons. The van der Waals surface area contributed by atoms with E-state index in [2.05, 4.69) is 4.74 Å². The summed E-state index contributed by atoms with van der Waals surface area (Å²) in [4.78, 5) is 10.9. The van der Waals surface area contributed by atoms with E-state index in [4.69, 9.17) is 17.3 Å². The number of nitrogens with two attached hydrogens (primary N) is 1. The molecule has 1 aromatic rings. The van der Waals surface area contributed by atoms with Gasteiger partial charge in [0.15, 0.2) is 0 Å². The molecule has 0 unspecified atom stereocenters. The number of hydrogen-bond acceptors (Lipinski definition) is 4. The molecule has 5 heteroatoms. The van der Waals surface area contributed by atoms with Gasteiger partial charge < -0.3 is 10.5 Å². The quantitative estimate of drug-likeness (QED) is 0.789. The number of rotatable bonds is 3. The monoisotopic (exact) mass is 221 g/mol. The van der Waals surface area contributed by atoms with Crippen molar-refractivity contribution in [3.63, 3.8) is 0 Å². The van der Waals surface area contributed by atoms with Crippen LogP contribution in [0.5, 0.6) is 0 Å². The number of halogens is 1. The molecule has 1 heterocycles. The maximum atomic E-state index is 9.68. The lowest BCUT2D eigenvalue weighted by atomic mass is 10.5. The minimum Gasteiger partial charge on any atom is -0.376 e. The number of hydrogen-bond donors (Lipinski definition) is 1. The van der Waals surface area contributed by atoms with Crippen LogP contribution in [-0.4, -0.2) is 19.0 Å². The van der Waals surface area contributed by atoms with Crippen molar-refractivity contribution >= 4 is 28.2 Å². The third-order valence-electron chi connectivity index (χ3n) is 1.04. The zero-order valence-corrected chi connectivity index (χ0v) is 8.90. The van der Waals surface area contributed by atoms with E-state index in [-0.39, 0.29) is 6.61 Å². The molecule has 0 aliphatic rings. The first-order chi connectivity index (χ1) is 6.20. The van der Waals surface area contributed by atoms with E-state index in [9.17, 15) is 4.79 Å². The van der Waals surface area contributed by atoms with E-state index in [0.29, 0.717) is 6.54 Å². The Labute approximate surface area is 86.5 Å². The summed E-state index contributed by atoms with van der Waals surface area (Å²) in [5.74, 6) is 0. The Kier molecular flexibility index (Phi) is 7.93. The molecule has 0 radical (unpaired) electrons. The van der Waals surface area contributed by atoms with Crippen molar-refractivity contribution in [3.05, 3.63) is 22.4 Å². The van der Waals surface area contributed by atoms with E-state index in [1.165, 1.54) is 12.0 Å². The lowest BCUT2D eigenvalue weighted by Crippen LogP contribution is -1.95. The van der Waals surface area contributed by atoms with Gasteiger partial charge in [0.05, 0.1) is 0 Å². The lowest BCUT2D eigenvalue weighted by Gasteiger charge is -1.82. The van der Waals surface area contributed by atoms with Crippen molar-refractivity contribution < 1.29 is 9.53 Å². The Hall–Kier alpha value is -0.420. The fourth-order valence-corrected chi connectivity index (χ4v) is 1.24. The molecule has 0 bridgehead atoms. The Morgan fingerprint density at radius 2 is 2.46 bits per heavy atom. The summed E-state index contributed by atoms with van der Waals surface area (Å²) >= 11 is 6.51. The SMILES string of the molecule is COCC(=O)Cl.NCc1cccs1. The van der Waals surface area contributed by atoms with E-state index < -0.39 is 5.24 Å². The third-order valence-corrected chi connectivity index (χ3v) is 2.05. The second-order valence-corrected chi connectivity index (χ2v) is 3.53. The van der Waals surface area contributed by atoms with Gasteiger partial charge in [-0.15, -0.1) is 11.3 Å². The zero-order chi connectivity index (χ0) is 10.1. The number of thiophene rings is 1. The highest BCUT2D eigenvalue weighted by atomic mass is 35.5. The van der Waals surface area contributed by atoms with Gasteiger partial charge in [0.25, 0.3) is 0 Å². The molecule has 0 aromatic carbocycles. The van der Waals surface area contributed by atoms with Crippen LogP contribution in [-0.2, 0) is 16.1 Å². The van der Waals surface area contributed by atoms with E-state index >= 15 is 0 Å². The molecule has 0 fully saturated rings. The lowest BCUT2D eigenvalue weighted by molar-refractivity contribution is -0.114. The largest absolute Gasteiger partial charge is 0.376 e. The summed E-state index contributed by atoms with van der Waals surface area (Å²) in [5, 5.41) is 1.57. The standard InChI is InChI=1S/C5H7NS.C3H5ClO2/c6-4-5-2-1-3-7-5;1-6-2-3(4)5/h1-3H,4,6H2;2H2,1H3. The van der Waals surface area contributed by atoms with Crippen LogP contribution in [0.3, 0.4) is 0 Å². The van der Waals surface area contributed by atoms with Gasteiger partial charge in [-0.2, -0.15) is 0 Å². The Morgan fingerprint density at radius 3 is 2.62 bits per heavy atom. The first-order valence-electron chi connectivity index (χ1n) is 3.60.